The zero-order chi connectivity index (χ0) is 12.3. The van der Waals surface area contributed by atoms with Crippen LogP contribution in [0.15, 0.2) is 12.4 Å². The van der Waals surface area contributed by atoms with Crippen molar-refractivity contribution in [2.45, 2.75) is 26.8 Å². The largest absolute Gasteiger partial charge is 0.341 e. The molecule has 0 spiro atoms. The Balaban J connectivity index is 2.10. The summed E-state index contributed by atoms with van der Waals surface area (Å²) in [7, 11) is 1.93. The molecule has 2 rings (SSSR count). The normalized spacial score (nSPS) is 11.0. The molecule has 0 saturated carbocycles. The van der Waals surface area contributed by atoms with Crippen molar-refractivity contribution in [2.24, 2.45) is 7.05 Å². The molecule has 0 atom stereocenters. The number of aryl methyl sites for hydroxylation is 2. The van der Waals surface area contributed by atoms with Crippen molar-refractivity contribution in [1.82, 2.24) is 25.1 Å². The lowest BCUT2D eigenvalue weighted by atomic mass is 10.2. The molecule has 5 nitrogen and oxygen atoms in total. The lowest BCUT2D eigenvalue weighted by Gasteiger charge is -1.98. The molecule has 0 fully saturated rings. The van der Waals surface area contributed by atoms with Gasteiger partial charge in [0.05, 0.1) is 24.1 Å². The standard InChI is InChI=1S/C12H19N5/c1-4-5-13-7-12-14-6-11(15-12)10-8-17(3)16-9(10)2/h6,8,13H,4-5,7H2,1-3H3,(H,14,15). The van der Waals surface area contributed by atoms with Crippen molar-refractivity contribution < 1.29 is 0 Å². The fraction of sp³-hybridized carbons (Fsp3) is 0.500. The van der Waals surface area contributed by atoms with Crippen LogP contribution in [0.4, 0.5) is 0 Å². The van der Waals surface area contributed by atoms with Crippen LogP contribution in [-0.4, -0.2) is 26.3 Å². The number of imidazole rings is 1. The molecule has 2 aromatic rings. The summed E-state index contributed by atoms with van der Waals surface area (Å²) in [5.74, 6) is 0.969. The van der Waals surface area contributed by atoms with Crippen molar-refractivity contribution in [3.8, 4) is 11.3 Å². The first kappa shape index (κ1) is 11.9. The lowest BCUT2D eigenvalue weighted by molar-refractivity contribution is 0.655. The maximum absolute atomic E-state index is 4.36. The van der Waals surface area contributed by atoms with E-state index in [-0.39, 0.29) is 0 Å². The van der Waals surface area contributed by atoms with Gasteiger partial charge >= 0.3 is 0 Å². The van der Waals surface area contributed by atoms with Crippen LogP contribution >= 0.6 is 0 Å². The Kier molecular flexibility index (Phi) is 3.58. The Morgan fingerprint density at radius 1 is 1.47 bits per heavy atom. The van der Waals surface area contributed by atoms with Gasteiger partial charge in [0.15, 0.2) is 0 Å². The number of hydrogen-bond donors (Lipinski definition) is 2. The predicted molar refractivity (Wildman–Crippen MR) is 67.5 cm³/mol. The fourth-order valence-electron chi connectivity index (χ4n) is 1.84. The highest BCUT2D eigenvalue weighted by atomic mass is 15.2. The molecule has 2 N–H and O–H groups in total. The van der Waals surface area contributed by atoms with E-state index < -0.39 is 0 Å². The third-order valence-corrected chi connectivity index (χ3v) is 2.65. The molecule has 0 unspecified atom stereocenters. The van der Waals surface area contributed by atoms with Gasteiger partial charge in [0.2, 0.25) is 0 Å². The van der Waals surface area contributed by atoms with Crippen molar-refractivity contribution in [2.75, 3.05) is 6.54 Å². The first-order chi connectivity index (χ1) is 8.20. The molecule has 17 heavy (non-hydrogen) atoms. The molecule has 2 aromatic heterocycles. The molecule has 0 amide bonds. The molecular formula is C12H19N5. The lowest BCUT2D eigenvalue weighted by Crippen LogP contribution is -2.14. The highest BCUT2D eigenvalue weighted by Crippen LogP contribution is 2.19. The summed E-state index contributed by atoms with van der Waals surface area (Å²) in [5, 5.41) is 7.65. The second kappa shape index (κ2) is 5.14. The summed E-state index contributed by atoms with van der Waals surface area (Å²) >= 11 is 0. The number of nitrogens with zero attached hydrogens (tertiary/aromatic N) is 3. The molecule has 0 aliphatic rings. The van der Waals surface area contributed by atoms with Crippen molar-refractivity contribution in [3.05, 3.63) is 23.9 Å². The molecule has 0 aliphatic heterocycles. The highest BCUT2D eigenvalue weighted by molar-refractivity contribution is 5.60. The molecule has 0 aliphatic carbocycles. The van der Waals surface area contributed by atoms with Gasteiger partial charge in [-0.1, -0.05) is 6.92 Å². The van der Waals surface area contributed by atoms with Gasteiger partial charge < -0.3 is 10.3 Å². The van der Waals surface area contributed by atoms with Crippen LogP contribution in [0, 0.1) is 6.92 Å². The maximum Gasteiger partial charge on any atom is 0.120 e. The minimum Gasteiger partial charge on any atom is -0.341 e. The van der Waals surface area contributed by atoms with Gasteiger partial charge in [0, 0.05) is 18.8 Å². The summed E-state index contributed by atoms with van der Waals surface area (Å²) in [6.45, 7) is 5.96. The Labute approximate surface area is 101 Å². The zero-order valence-corrected chi connectivity index (χ0v) is 10.6. The number of nitrogens with one attached hydrogen (secondary N) is 2. The van der Waals surface area contributed by atoms with Crippen LogP contribution in [0.5, 0.6) is 0 Å². The molecule has 0 bridgehead atoms. The van der Waals surface area contributed by atoms with Gasteiger partial charge in [-0.2, -0.15) is 5.10 Å². The smallest absolute Gasteiger partial charge is 0.120 e. The van der Waals surface area contributed by atoms with Crippen LogP contribution in [0.25, 0.3) is 11.3 Å². The third-order valence-electron chi connectivity index (χ3n) is 2.65. The van der Waals surface area contributed by atoms with Crippen molar-refractivity contribution in [1.29, 1.82) is 0 Å². The van der Waals surface area contributed by atoms with Crippen LogP contribution in [0.2, 0.25) is 0 Å². The van der Waals surface area contributed by atoms with Crippen molar-refractivity contribution >= 4 is 0 Å². The van der Waals surface area contributed by atoms with Gasteiger partial charge in [0.25, 0.3) is 0 Å². The number of aromatic amines is 1. The predicted octanol–water partition coefficient (Wildman–Crippen LogP) is 1.62. The van der Waals surface area contributed by atoms with E-state index in [4.69, 9.17) is 0 Å². The van der Waals surface area contributed by atoms with Gasteiger partial charge in [-0.05, 0) is 19.9 Å². The molecule has 0 radical (unpaired) electrons. The number of rotatable bonds is 5. The average molecular weight is 233 g/mol. The van der Waals surface area contributed by atoms with Crippen molar-refractivity contribution in [3.63, 3.8) is 0 Å². The number of aromatic nitrogens is 4. The maximum atomic E-state index is 4.36. The summed E-state index contributed by atoms with van der Waals surface area (Å²) in [6, 6.07) is 0. The van der Waals surface area contributed by atoms with Gasteiger partial charge in [0.1, 0.15) is 5.82 Å². The van der Waals surface area contributed by atoms with Gasteiger partial charge in [-0.3, -0.25) is 4.68 Å². The Hall–Kier alpha value is -1.62. The van der Waals surface area contributed by atoms with Crippen LogP contribution in [0.3, 0.4) is 0 Å². The minimum atomic E-state index is 0.785. The zero-order valence-electron chi connectivity index (χ0n) is 10.6. The van der Waals surface area contributed by atoms with E-state index in [9.17, 15) is 0 Å². The monoisotopic (exact) mass is 233 g/mol. The van der Waals surface area contributed by atoms with E-state index >= 15 is 0 Å². The van der Waals surface area contributed by atoms with E-state index in [1.807, 2.05) is 31.0 Å². The quantitative estimate of drug-likeness (QED) is 0.771. The van der Waals surface area contributed by atoms with E-state index in [2.05, 4.69) is 27.3 Å². The molecule has 0 saturated heterocycles. The van der Waals surface area contributed by atoms with E-state index in [0.717, 1.165) is 42.3 Å². The Morgan fingerprint density at radius 3 is 2.94 bits per heavy atom. The topological polar surface area (TPSA) is 58.5 Å². The molecule has 0 aromatic carbocycles. The van der Waals surface area contributed by atoms with Gasteiger partial charge in [-0.25, -0.2) is 4.98 Å². The van der Waals surface area contributed by atoms with E-state index in [0.29, 0.717) is 0 Å². The molecular weight excluding hydrogens is 214 g/mol. The molecule has 5 heteroatoms. The third kappa shape index (κ3) is 2.74. The SMILES string of the molecule is CCCNCc1ncc(-c2cn(C)nc2C)[nH]1. The summed E-state index contributed by atoms with van der Waals surface area (Å²) in [6.07, 6.45) is 5.01. The first-order valence-corrected chi connectivity index (χ1v) is 5.96. The van der Waals surface area contributed by atoms with Crippen LogP contribution in [0.1, 0.15) is 24.9 Å². The minimum absolute atomic E-state index is 0.785. The highest BCUT2D eigenvalue weighted by Gasteiger charge is 2.08. The Bertz CT molecular complexity index is 483. The fourth-order valence-corrected chi connectivity index (χ4v) is 1.84. The van der Waals surface area contributed by atoms with E-state index in [1.165, 1.54) is 0 Å². The second-order valence-electron chi connectivity index (χ2n) is 4.22. The Morgan fingerprint density at radius 2 is 2.29 bits per heavy atom. The van der Waals surface area contributed by atoms with Crippen LogP contribution in [-0.2, 0) is 13.6 Å². The molecule has 92 valence electrons. The molecule has 2 heterocycles. The summed E-state index contributed by atoms with van der Waals surface area (Å²) in [5.41, 5.74) is 3.16. The van der Waals surface area contributed by atoms with Crippen LogP contribution < -0.4 is 5.32 Å². The average Bonchev–Trinajstić information content (AvgIpc) is 2.86. The summed E-state index contributed by atoms with van der Waals surface area (Å²) in [4.78, 5) is 7.68. The summed E-state index contributed by atoms with van der Waals surface area (Å²) < 4.78 is 1.82. The van der Waals surface area contributed by atoms with E-state index in [1.54, 1.807) is 0 Å². The first-order valence-electron chi connectivity index (χ1n) is 5.96. The second-order valence-corrected chi connectivity index (χ2v) is 4.22. The van der Waals surface area contributed by atoms with Gasteiger partial charge in [-0.15, -0.1) is 0 Å². The number of hydrogen-bond acceptors (Lipinski definition) is 3. The number of H-pyrrole nitrogens is 1.